The maximum absolute atomic E-state index is 11.9. The van der Waals surface area contributed by atoms with Crippen molar-refractivity contribution in [3.63, 3.8) is 0 Å². The summed E-state index contributed by atoms with van der Waals surface area (Å²) in [7, 11) is 3.19. The molecule has 0 saturated carbocycles. The van der Waals surface area contributed by atoms with Crippen LogP contribution in [0.25, 0.3) is 5.82 Å². The Hall–Kier alpha value is -2.90. The third kappa shape index (κ3) is 3.84. The summed E-state index contributed by atoms with van der Waals surface area (Å²) in [5, 5.41) is 7.57. The highest BCUT2D eigenvalue weighted by atomic mass is 16.5. The number of pyridine rings is 1. The molecule has 0 aromatic carbocycles. The minimum Gasteiger partial charge on any atom is -0.469 e. The van der Waals surface area contributed by atoms with E-state index in [1.54, 1.807) is 24.1 Å². The molecule has 8 nitrogen and oxygen atoms in total. The van der Waals surface area contributed by atoms with Gasteiger partial charge in [0.15, 0.2) is 11.8 Å². The second-order valence-corrected chi connectivity index (χ2v) is 6.39. The van der Waals surface area contributed by atoms with Crippen LogP contribution in [0.5, 0.6) is 0 Å². The number of nitrogens with one attached hydrogen (secondary N) is 1. The molecule has 2 unspecified atom stereocenters. The van der Waals surface area contributed by atoms with Crippen LogP contribution in [0.15, 0.2) is 41.8 Å². The number of aliphatic imine (C=N–C) groups is 1. The van der Waals surface area contributed by atoms with Gasteiger partial charge in [-0.25, -0.2) is 9.67 Å². The molecule has 0 aliphatic carbocycles. The summed E-state index contributed by atoms with van der Waals surface area (Å²) >= 11 is 0. The number of guanidine groups is 1. The summed E-state index contributed by atoms with van der Waals surface area (Å²) in [6, 6.07) is 5.80. The molecule has 0 bridgehead atoms. The molecule has 1 aliphatic rings. The smallest absolute Gasteiger partial charge is 0.310 e. The summed E-state index contributed by atoms with van der Waals surface area (Å²) in [6.45, 7) is 4.06. The van der Waals surface area contributed by atoms with Crippen molar-refractivity contribution in [1.82, 2.24) is 25.0 Å². The van der Waals surface area contributed by atoms with E-state index < -0.39 is 0 Å². The Morgan fingerprint density at radius 2 is 2.27 bits per heavy atom. The molecule has 0 spiro atoms. The van der Waals surface area contributed by atoms with E-state index in [1.165, 1.54) is 7.11 Å². The van der Waals surface area contributed by atoms with Crippen LogP contribution in [0.3, 0.4) is 0 Å². The van der Waals surface area contributed by atoms with Crippen LogP contribution in [0.4, 0.5) is 0 Å². The number of carbonyl (C=O) groups excluding carboxylic acids is 1. The second kappa shape index (κ2) is 7.99. The molecule has 1 N–H and O–H groups in total. The number of esters is 1. The van der Waals surface area contributed by atoms with Crippen molar-refractivity contribution in [1.29, 1.82) is 0 Å². The lowest BCUT2D eigenvalue weighted by atomic mass is 9.99. The third-order valence-corrected chi connectivity index (χ3v) is 4.63. The van der Waals surface area contributed by atoms with Crippen LogP contribution in [-0.2, 0) is 16.1 Å². The lowest BCUT2D eigenvalue weighted by molar-refractivity contribution is -0.145. The highest BCUT2D eigenvalue weighted by Gasteiger charge is 2.36. The predicted molar refractivity (Wildman–Crippen MR) is 97.8 cm³/mol. The van der Waals surface area contributed by atoms with Gasteiger partial charge < -0.3 is 15.0 Å². The quantitative estimate of drug-likeness (QED) is 0.501. The molecular weight excluding hydrogens is 332 g/mol. The van der Waals surface area contributed by atoms with E-state index in [0.29, 0.717) is 13.1 Å². The van der Waals surface area contributed by atoms with Crippen LogP contribution in [0, 0.1) is 11.8 Å². The minimum absolute atomic E-state index is 0.120. The Bertz CT molecular complexity index is 774. The molecule has 8 heteroatoms. The second-order valence-electron chi connectivity index (χ2n) is 6.39. The van der Waals surface area contributed by atoms with Crippen molar-refractivity contribution in [2.45, 2.75) is 13.5 Å². The normalized spacial score (nSPS) is 20.3. The highest BCUT2D eigenvalue weighted by Crippen LogP contribution is 2.24. The number of methoxy groups -OCH3 is 1. The van der Waals surface area contributed by atoms with Gasteiger partial charge in [-0.2, -0.15) is 5.10 Å². The molecule has 0 radical (unpaired) electrons. The highest BCUT2D eigenvalue weighted by molar-refractivity contribution is 5.82. The average Bonchev–Trinajstić information content (AvgIpc) is 3.32. The molecule has 0 amide bonds. The van der Waals surface area contributed by atoms with Gasteiger partial charge in [0.25, 0.3) is 0 Å². The molecule has 1 saturated heterocycles. The van der Waals surface area contributed by atoms with Crippen LogP contribution in [0.1, 0.15) is 12.5 Å². The van der Waals surface area contributed by atoms with E-state index >= 15 is 0 Å². The van der Waals surface area contributed by atoms with E-state index in [1.807, 2.05) is 24.4 Å². The van der Waals surface area contributed by atoms with Crippen LogP contribution < -0.4 is 5.32 Å². The Morgan fingerprint density at radius 3 is 2.96 bits per heavy atom. The van der Waals surface area contributed by atoms with Crippen molar-refractivity contribution < 1.29 is 9.53 Å². The number of ether oxygens (including phenoxy) is 1. The summed E-state index contributed by atoms with van der Waals surface area (Å²) in [5.74, 6) is 1.50. The monoisotopic (exact) mass is 356 g/mol. The Labute approximate surface area is 152 Å². The fourth-order valence-electron chi connectivity index (χ4n) is 3.21. The minimum atomic E-state index is -0.159. The molecule has 3 rings (SSSR count). The van der Waals surface area contributed by atoms with Crippen molar-refractivity contribution in [2.24, 2.45) is 16.8 Å². The van der Waals surface area contributed by atoms with Crippen LogP contribution >= 0.6 is 0 Å². The molecular formula is C18H24N6O2. The van der Waals surface area contributed by atoms with E-state index in [4.69, 9.17) is 4.74 Å². The lowest BCUT2D eigenvalue weighted by Crippen LogP contribution is -2.40. The summed E-state index contributed by atoms with van der Waals surface area (Å²) in [5.41, 5.74) is 1.07. The maximum atomic E-state index is 11.9. The maximum Gasteiger partial charge on any atom is 0.310 e. The van der Waals surface area contributed by atoms with Gasteiger partial charge in [0.2, 0.25) is 0 Å². The Kier molecular flexibility index (Phi) is 5.50. The zero-order valence-corrected chi connectivity index (χ0v) is 15.3. The zero-order valence-electron chi connectivity index (χ0n) is 15.3. The first-order valence-electron chi connectivity index (χ1n) is 8.60. The molecule has 138 valence electrons. The molecule has 2 aromatic heterocycles. The number of aromatic nitrogens is 3. The summed E-state index contributed by atoms with van der Waals surface area (Å²) < 4.78 is 6.63. The first kappa shape index (κ1) is 17.9. The Balaban J connectivity index is 1.63. The average molecular weight is 356 g/mol. The molecule has 1 fully saturated rings. The number of likely N-dealkylation sites (tertiary alicyclic amines) is 1. The first-order chi connectivity index (χ1) is 12.6. The lowest BCUT2D eigenvalue weighted by Gasteiger charge is -2.21. The van der Waals surface area contributed by atoms with Crippen molar-refractivity contribution in [3.8, 4) is 5.82 Å². The topological polar surface area (TPSA) is 84.6 Å². The standard InChI is InChI=1S/C18H24N6O2/c1-13-11-23(12-15(13)17(25)26-3)18(19-2)21-10-14-5-7-20-16(9-14)24-8-4-6-22-24/h4-9,13,15H,10-12H2,1-3H3,(H,19,21). The predicted octanol–water partition coefficient (Wildman–Crippen LogP) is 1.08. The third-order valence-electron chi connectivity index (χ3n) is 4.63. The number of rotatable bonds is 4. The fraction of sp³-hybridized carbons (Fsp3) is 0.444. The molecule has 1 aliphatic heterocycles. The van der Waals surface area contributed by atoms with E-state index in [9.17, 15) is 4.79 Å². The van der Waals surface area contributed by atoms with Crippen molar-refractivity contribution >= 4 is 11.9 Å². The van der Waals surface area contributed by atoms with Gasteiger partial charge in [0, 0.05) is 45.3 Å². The largest absolute Gasteiger partial charge is 0.469 e. The number of nitrogens with zero attached hydrogens (tertiary/aromatic N) is 5. The van der Waals surface area contributed by atoms with Crippen molar-refractivity contribution in [2.75, 3.05) is 27.2 Å². The fourth-order valence-corrected chi connectivity index (χ4v) is 3.21. The van der Waals surface area contributed by atoms with Gasteiger partial charge in [0.05, 0.1) is 13.0 Å². The number of hydrogen-bond acceptors (Lipinski definition) is 5. The SMILES string of the molecule is CN=C(NCc1ccnc(-n2cccn2)c1)N1CC(C)C(C(=O)OC)C1. The van der Waals surface area contributed by atoms with E-state index in [-0.39, 0.29) is 17.8 Å². The molecule has 2 atom stereocenters. The van der Waals surface area contributed by atoms with Gasteiger partial charge in [-0.1, -0.05) is 6.92 Å². The van der Waals surface area contributed by atoms with E-state index in [0.717, 1.165) is 23.9 Å². The van der Waals surface area contributed by atoms with Crippen LogP contribution in [-0.4, -0.2) is 58.8 Å². The summed E-state index contributed by atoms with van der Waals surface area (Å²) in [4.78, 5) is 22.7. The van der Waals surface area contributed by atoms with Gasteiger partial charge >= 0.3 is 5.97 Å². The van der Waals surface area contributed by atoms with Gasteiger partial charge in [-0.05, 0) is 29.7 Å². The van der Waals surface area contributed by atoms with Gasteiger partial charge in [0.1, 0.15) is 0 Å². The molecule has 2 aromatic rings. The van der Waals surface area contributed by atoms with Crippen molar-refractivity contribution in [3.05, 3.63) is 42.4 Å². The Morgan fingerprint density at radius 1 is 1.42 bits per heavy atom. The van der Waals surface area contributed by atoms with Gasteiger partial charge in [-0.3, -0.25) is 9.79 Å². The first-order valence-corrected chi connectivity index (χ1v) is 8.60. The number of carbonyl (C=O) groups is 1. The summed E-state index contributed by atoms with van der Waals surface area (Å²) in [6.07, 6.45) is 5.35. The van der Waals surface area contributed by atoms with Gasteiger partial charge in [-0.15, -0.1) is 0 Å². The molecule has 26 heavy (non-hydrogen) atoms. The van der Waals surface area contributed by atoms with Crippen LogP contribution in [0.2, 0.25) is 0 Å². The number of hydrogen-bond donors (Lipinski definition) is 1. The zero-order chi connectivity index (χ0) is 18.5. The van der Waals surface area contributed by atoms with E-state index in [2.05, 4.69) is 32.2 Å². The molecule has 3 heterocycles.